The highest BCUT2D eigenvalue weighted by molar-refractivity contribution is 5.97. The second kappa shape index (κ2) is 9.45. The van der Waals surface area contributed by atoms with Gasteiger partial charge >= 0.3 is 11.7 Å². The van der Waals surface area contributed by atoms with Gasteiger partial charge in [0.25, 0.3) is 11.5 Å². The Balaban J connectivity index is 3.17. The molecule has 0 saturated carbocycles. The number of aromatic amines is 1. The zero-order chi connectivity index (χ0) is 19.0. The van der Waals surface area contributed by atoms with Crippen LogP contribution in [-0.2, 0) is 20.9 Å². The SMILES string of the molecule is C/C=C/C(=O)OCC(=O)N(CC)c1c(N)n(CCCC)c(=O)[nH]c1=O. The lowest BCUT2D eigenvalue weighted by atomic mass is 10.3. The monoisotopic (exact) mass is 352 g/mol. The number of hydrogen-bond acceptors (Lipinski definition) is 6. The van der Waals surface area contributed by atoms with Crippen molar-refractivity contribution in [2.45, 2.75) is 40.2 Å². The molecule has 0 spiro atoms. The summed E-state index contributed by atoms with van der Waals surface area (Å²) < 4.78 is 6.03. The Morgan fingerprint density at radius 2 is 2.00 bits per heavy atom. The van der Waals surface area contributed by atoms with Gasteiger partial charge in [-0.1, -0.05) is 19.4 Å². The molecule has 1 aromatic rings. The Morgan fingerprint density at radius 1 is 1.32 bits per heavy atom. The van der Waals surface area contributed by atoms with E-state index in [9.17, 15) is 19.2 Å². The van der Waals surface area contributed by atoms with Gasteiger partial charge in [-0.05, 0) is 20.3 Å². The maximum atomic E-state index is 12.3. The predicted octanol–water partition coefficient (Wildman–Crippen LogP) is 0.391. The van der Waals surface area contributed by atoms with E-state index in [2.05, 4.69) is 4.98 Å². The van der Waals surface area contributed by atoms with Crippen molar-refractivity contribution < 1.29 is 14.3 Å². The summed E-state index contributed by atoms with van der Waals surface area (Å²) in [4.78, 5) is 51.0. The molecule has 0 aliphatic heterocycles. The van der Waals surface area contributed by atoms with Gasteiger partial charge in [0.15, 0.2) is 12.3 Å². The molecule has 0 unspecified atom stereocenters. The number of amides is 1. The van der Waals surface area contributed by atoms with Crippen LogP contribution in [0, 0.1) is 0 Å². The van der Waals surface area contributed by atoms with Crippen LogP contribution in [0.5, 0.6) is 0 Å². The number of nitrogens with zero attached hydrogens (tertiary/aromatic N) is 2. The minimum absolute atomic E-state index is 0.0859. The number of nitrogens with one attached hydrogen (secondary N) is 1. The van der Waals surface area contributed by atoms with Gasteiger partial charge in [0.2, 0.25) is 0 Å². The summed E-state index contributed by atoms with van der Waals surface area (Å²) in [5.41, 5.74) is 4.47. The highest BCUT2D eigenvalue weighted by Crippen LogP contribution is 2.17. The number of carbonyl (C=O) groups excluding carboxylic acids is 2. The van der Waals surface area contributed by atoms with Crippen LogP contribution in [0.25, 0.3) is 0 Å². The van der Waals surface area contributed by atoms with E-state index >= 15 is 0 Å². The number of H-pyrrole nitrogens is 1. The Morgan fingerprint density at radius 3 is 2.56 bits per heavy atom. The van der Waals surface area contributed by atoms with Crippen molar-refractivity contribution in [3.05, 3.63) is 33.0 Å². The van der Waals surface area contributed by atoms with Gasteiger partial charge in [-0.15, -0.1) is 0 Å². The number of unbranched alkanes of at least 4 members (excludes halogenated alkanes) is 1. The van der Waals surface area contributed by atoms with E-state index in [1.165, 1.54) is 16.7 Å². The van der Waals surface area contributed by atoms with Crippen molar-refractivity contribution in [2.24, 2.45) is 0 Å². The maximum Gasteiger partial charge on any atom is 0.330 e. The molecule has 0 radical (unpaired) electrons. The normalized spacial score (nSPS) is 10.8. The fraction of sp³-hybridized carbons (Fsp3) is 0.500. The predicted molar refractivity (Wildman–Crippen MR) is 94.4 cm³/mol. The lowest BCUT2D eigenvalue weighted by molar-refractivity contribution is -0.142. The highest BCUT2D eigenvalue weighted by Gasteiger charge is 2.23. The van der Waals surface area contributed by atoms with Gasteiger partial charge < -0.3 is 15.4 Å². The van der Waals surface area contributed by atoms with Crippen LogP contribution in [0.15, 0.2) is 21.7 Å². The van der Waals surface area contributed by atoms with E-state index in [0.717, 1.165) is 11.3 Å². The quantitative estimate of drug-likeness (QED) is 0.515. The van der Waals surface area contributed by atoms with Crippen LogP contribution in [-0.4, -0.2) is 34.6 Å². The molecule has 0 saturated heterocycles. The molecule has 9 nitrogen and oxygen atoms in total. The lowest BCUT2D eigenvalue weighted by Crippen LogP contribution is -2.42. The van der Waals surface area contributed by atoms with Gasteiger partial charge in [-0.3, -0.25) is 19.1 Å². The zero-order valence-electron chi connectivity index (χ0n) is 14.7. The fourth-order valence-corrected chi connectivity index (χ4v) is 2.23. The van der Waals surface area contributed by atoms with Crippen LogP contribution < -0.4 is 21.9 Å². The molecular weight excluding hydrogens is 328 g/mol. The number of nitrogens with two attached hydrogens (primary N) is 1. The van der Waals surface area contributed by atoms with Gasteiger partial charge in [0.05, 0.1) is 0 Å². The third kappa shape index (κ3) is 5.07. The second-order valence-electron chi connectivity index (χ2n) is 5.24. The summed E-state index contributed by atoms with van der Waals surface area (Å²) >= 11 is 0. The summed E-state index contributed by atoms with van der Waals surface area (Å²) in [6.07, 6.45) is 4.18. The minimum atomic E-state index is -0.759. The number of hydrogen-bond donors (Lipinski definition) is 2. The average molecular weight is 352 g/mol. The minimum Gasteiger partial charge on any atom is -0.452 e. The van der Waals surface area contributed by atoms with Gasteiger partial charge in [0.1, 0.15) is 5.82 Å². The van der Waals surface area contributed by atoms with Gasteiger partial charge in [-0.25, -0.2) is 9.59 Å². The summed E-state index contributed by atoms with van der Waals surface area (Å²) in [5, 5.41) is 0. The van der Waals surface area contributed by atoms with Crippen LogP contribution >= 0.6 is 0 Å². The molecule has 1 heterocycles. The van der Waals surface area contributed by atoms with E-state index < -0.39 is 29.7 Å². The first kappa shape index (κ1) is 20.2. The maximum absolute atomic E-state index is 12.3. The van der Waals surface area contributed by atoms with Gasteiger partial charge in [-0.2, -0.15) is 0 Å². The first-order valence-electron chi connectivity index (χ1n) is 8.09. The van der Waals surface area contributed by atoms with Crippen molar-refractivity contribution in [2.75, 3.05) is 23.8 Å². The number of anilines is 2. The summed E-state index contributed by atoms with van der Waals surface area (Å²) in [6, 6.07) is 0. The molecule has 0 aliphatic carbocycles. The third-order valence-electron chi connectivity index (χ3n) is 3.48. The molecule has 0 aliphatic rings. The molecule has 3 N–H and O–H groups in total. The summed E-state index contributed by atoms with van der Waals surface area (Å²) in [5.74, 6) is -1.36. The number of allylic oxidation sites excluding steroid dienone is 1. The number of likely N-dealkylation sites (N-methyl/N-ethyl adjacent to an activating group) is 1. The van der Waals surface area contributed by atoms with Crippen LogP contribution in [0.4, 0.5) is 11.5 Å². The molecule has 1 rings (SSSR count). The van der Waals surface area contributed by atoms with E-state index in [4.69, 9.17) is 10.5 Å². The highest BCUT2D eigenvalue weighted by atomic mass is 16.5. The molecule has 0 aromatic carbocycles. The topological polar surface area (TPSA) is 127 Å². The van der Waals surface area contributed by atoms with Crippen LogP contribution in [0.2, 0.25) is 0 Å². The van der Waals surface area contributed by atoms with E-state index in [0.29, 0.717) is 13.0 Å². The molecule has 0 bridgehead atoms. The molecule has 0 atom stereocenters. The standard InChI is InChI=1S/C16H24N4O5/c1-4-7-9-20-14(17)13(15(23)18-16(20)24)19(6-3)11(21)10-25-12(22)8-5-2/h5,8H,4,6-7,9-10,17H2,1-3H3,(H,18,23,24)/b8-5+. The molecule has 25 heavy (non-hydrogen) atoms. The largest absolute Gasteiger partial charge is 0.452 e. The fourth-order valence-electron chi connectivity index (χ4n) is 2.23. The number of nitrogen functional groups attached to an aromatic ring is 1. The van der Waals surface area contributed by atoms with E-state index in [-0.39, 0.29) is 18.1 Å². The average Bonchev–Trinajstić information content (AvgIpc) is 2.56. The van der Waals surface area contributed by atoms with Crippen molar-refractivity contribution in [1.29, 1.82) is 0 Å². The third-order valence-corrected chi connectivity index (χ3v) is 3.48. The molecule has 0 fully saturated rings. The van der Waals surface area contributed by atoms with Crippen molar-refractivity contribution >= 4 is 23.4 Å². The Hall–Kier alpha value is -2.84. The Labute approximate surface area is 145 Å². The molecule has 1 amide bonds. The van der Waals surface area contributed by atoms with Crippen molar-refractivity contribution in [3.8, 4) is 0 Å². The van der Waals surface area contributed by atoms with Crippen LogP contribution in [0.3, 0.4) is 0 Å². The number of esters is 1. The van der Waals surface area contributed by atoms with E-state index in [1.807, 2.05) is 6.92 Å². The Kier molecular flexibility index (Phi) is 7.64. The second-order valence-corrected chi connectivity index (χ2v) is 5.24. The zero-order valence-corrected chi connectivity index (χ0v) is 14.7. The lowest BCUT2D eigenvalue weighted by Gasteiger charge is -2.22. The van der Waals surface area contributed by atoms with Crippen molar-refractivity contribution in [3.63, 3.8) is 0 Å². The first-order chi connectivity index (χ1) is 11.9. The number of aromatic nitrogens is 2. The van der Waals surface area contributed by atoms with Gasteiger partial charge in [0, 0.05) is 19.2 Å². The summed E-state index contributed by atoms with van der Waals surface area (Å²) in [6.45, 7) is 5.15. The smallest absolute Gasteiger partial charge is 0.330 e. The summed E-state index contributed by atoms with van der Waals surface area (Å²) in [7, 11) is 0. The molecule has 138 valence electrons. The number of rotatable bonds is 8. The molecule has 1 aromatic heterocycles. The first-order valence-corrected chi connectivity index (χ1v) is 8.09. The van der Waals surface area contributed by atoms with E-state index in [1.54, 1.807) is 13.8 Å². The van der Waals surface area contributed by atoms with Crippen molar-refractivity contribution in [1.82, 2.24) is 9.55 Å². The number of carbonyl (C=O) groups is 2. The molecular formula is C16H24N4O5. The number of ether oxygens (including phenoxy) is 1. The molecule has 9 heteroatoms. The Bertz CT molecular complexity index is 763. The van der Waals surface area contributed by atoms with Crippen LogP contribution in [0.1, 0.15) is 33.6 Å².